The number of hydrogen-bond donors (Lipinski definition) is 0. The highest BCUT2D eigenvalue weighted by Gasteiger charge is 2.27. The van der Waals surface area contributed by atoms with Crippen molar-refractivity contribution in [2.24, 2.45) is 0 Å². The summed E-state index contributed by atoms with van der Waals surface area (Å²) in [6.45, 7) is 4.65. The Morgan fingerprint density at radius 3 is 2.81 bits per heavy atom. The minimum Gasteiger partial charge on any atom is -0.333 e. The van der Waals surface area contributed by atoms with Gasteiger partial charge in [0.05, 0.1) is 0 Å². The fourth-order valence-corrected chi connectivity index (χ4v) is 3.09. The van der Waals surface area contributed by atoms with E-state index < -0.39 is 0 Å². The monoisotopic (exact) mass is 287 g/mol. The van der Waals surface area contributed by atoms with Crippen LogP contribution in [0, 0.1) is 6.92 Å². The third kappa shape index (κ3) is 2.62. The number of amides is 1. The average Bonchev–Trinajstić information content (AvgIpc) is 2.95. The summed E-state index contributed by atoms with van der Waals surface area (Å²) in [5.41, 5.74) is 0.923. The molecule has 21 heavy (non-hydrogen) atoms. The van der Waals surface area contributed by atoms with Gasteiger partial charge in [-0.15, -0.1) is 5.10 Å². The quantitative estimate of drug-likeness (QED) is 0.868. The van der Waals surface area contributed by atoms with Crippen molar-refractivity contribution in [2.75, 3.05) is 6.54 Å². The molecule has 1 amide bonds. The lowest BCUT2D eigenvalue weighted by molar-refractivity contribution is 0.0635. The van der Waals surface area contributed by atoms with E-state index in [1.54, 1.807) is 10.7 Å². The molecular weight excluding hydrogens is 266 g/mol. The summed E-state index contributed by atoms with van der Waals surface area (Å²) in [5.74, 6) is 0.663. The van der Waals surface area contributed by atoms with Crippen LogP contribution in [0.1, 0.15) is 55.3 Å². The Labute approximate surface area is 124 Å². The van der Waals surface area contributed by atoms with Gasteiger partial charge >= 0.3 is 0 Å². The molecule has 1 fully saturated rings. The standard InChI is InChI=1S/C15H21N5O/c1-3-19(12-7-5-4-6-8-12)14(21)13-17-15-16-10-9-11(2)20(15)18-13/h9-10,12H,3-8H2,1-2H3. The Bertz CT molecular complexity index is 645. The van der Waals surface area contributed by atoms with Crippen LogP contribution in [0.15, 0.2) is 12.3 Å². The van der Waals surface area contributed by atoms with Crippen molar-refractivity contribution in [3.63, 3.8) is 0 Å². The van der Waals surface area contributed by atoms with E-state index in [4.69, 9.17) is 0 Å². The Balaban J connectivity index is 1.89. The number of carbonyl (C=O) groups excluding carboxylic acids is 1. The fraction of sp³-hybridized carbons (Fsp3) is 0.600. The first-order valence-corrected chi connectivity index (χ1v) is 7.70. The largest absolute Gasteiger partial charge is 0.333 e. The Hall–Kier alpha value is -1.98. The number of aromatic nitrogens is 4. The molecule has 6 nitrogen and oxygen atoms in total. The highest BCUT2D eigenvalue weighted by Crippen LogP contribution is 2.23. The molecule has 2 heterocycles. The van der Waals surface area contributed by atoms with Crippen LogP contribution in [-0.4, -0.2) is 43.0 Å². The van der Waals surface area contributed by atoms with Crippen LogP contribution in [0.5, 0.6) is 0 Å². The predicted molar refractivity (Wildman–Crippen MR) is 79.1 cm³/mol. The van der Waals surface area contributed by atoms with E-state index in [-0.39, 0.29) is 11.7 Å². The van der Waals surface area contributed by atoms with Gasteiger partial charge in [-0.25, -0.2) is 9.50 Å². The van der Waals surface area contributed by atoms with Gasteiger partial charge in [-0.3, -0.25) is 4.79 Å². The lowest BCUT2D eigenvalue weighted by Gasteiger charge is -2.32. The summed E-state index contributed by atoms with van der Waals surface area (Å²) in [6.07, 6.45) is 7.54. The van der Waals surface area contributed by atoms with Crippen molar-refractivity contribution in [3.8, 4) is 0 Å². The minimum atomic E-state index is -0.0747. The summed E-state index contributed by atoms with van der Waals surface area (Å²) < 4.78 is 1.63. The molecule has 0 N–H and O–H groups in total. The van der Waals surface area contributed by atoms with Gasteiger partial charge in [0.1, 0.15) is 0 Å². The van der Waals surface area contributed by atoms with Crippen LogP contribution in [0.3, 0.4) is 0 Å². The molecule has 6 heteroatoms. The SMILES string of the molecule is CCN(C(=O)c1nc2nccc(C)n2n1)C1CCCCC1. The zero-order chi connectivity index (χ0) is 14.8. The molecule has 0 bridgehead atoms. The van der Waals surface area contributed by atoms with E-state index in [9.17, 15) is 4.79 Å². The van der Waals surface area contributed by atoms with Gasteiger partial charge in [-0.2, -0.15) is 4.98 Å². The van der Waals surface area contributed by atoms with Gasteiger partial charge in [0, 0.05) is 24.5 Å². The zero-order valence-electron chi connectivity index (χ0n) is 12.6. The molecule has 0 aliphatic heterocycles. The van der Waals surface area contributed by atoms with Crippen molar-refractivity contribution in [1.29, 1.82) is 0 Å². The van der Waals surface area contributed by atoms with E-state index >= 15 is 0 Å². The van der Waals surface area contributed by atoms with E-state index in [0.717, 1.165) is 18.5 Å². The topological polar surface area (TPSA) is 63.4 Å². The second-order valence-corrected chi connectivity index (χ2v) is 5.62. The van der Waals surface area contributed by atoms with Crippen molar-refractivity contribution in [1.82, 2.24) is 24.5 Å². The van der Waals surface area contributed by atoms with Gasteiger partial charge < -0.3 is 4.90 Å². The van der Waals surface area contributed by atoms with E-state index in [1.165, 1.54) is 19.3 Å². The molecule has 0 atom stereocenters. The Morgan fingerprint density at radius 1 is 1.38 bits per heavy atom. The van der Waals surface area contributed by atoms with Gasteiger partial charge in [-0.1, -0.05) is 19.3 Å². The first kappa shape index (κ1) is 14.0. The Kier molecular flexibility index (Phi) is 3.86. The molecule has 0 radical (unpaired) electrons. The molecule has 3 rings (SSSR count). The van der Waals surface area contributed by atoms with Crippen molar-refractivity contribution in [2.45, 2.75) is 52.0 Å². The van der Waals surface area contributed by atoms with E-state index in [2.05, 4.69) is 15.1 Å². The maximum absolute atomic E-state index is 12.7. The van der Waals surface area contributed by atoms with Crippen LogP contribution in [-0.2, 0) is 0 Å². The maximum atomic E-state index is 12.7. The van der Waals surface area contributed by atoms with Crippen LogP contribution in [0.4, 0.5) is 0 Å². The number of rotatable bonds is 3. The number of hydrogen-bond acceptors (Lipinski definition) is 4. The molecule has 1 aliphatic carbocycles. The minimum absolute atomic E-state index is 0.0747. The molecule has 1 aliphatic rings. The summed E-state index contributed by atoms with van der Waals surface area (Å²) in [6, 6.07) is 2.19. The van der Waals surface area contributed by atoms with Crippen LogP contribution >= 0.6 is 0 Å². The number of carbonyl (C=O) groups is 1. The zero-order valence-corrected chi connectivity index (χ0v) is 12.6. The summed E-state index contributed by atoms with van der Waals surface area (Å²) in [5, 5.41) is 4.33. The predicted octanol–water partition coefficient (Wildman–Crippen LogP) is 2.23. The van der Waals surface area contributed by atoms with Crippen LogP contribution in [0.2, 0.25) is 0 Å². The fourth-order valence-electron chi connectivity index (χ4n) is 3.09. The van der Waals surface area contributed by atoms with Gasteiger partial charge in [0.2, 0.25) is 5.82 Å². The molecule has 112 valence electrons. The second kappa shape index (κ2) is 5.79. The molecule has 1 saturated carbocycles. The highest BCUT2D eigenvalue weighted by molar-refractivity contribution is 5.91. The summed E-state index contributed by atoms with van der Waals surface area (Å²) in [4.78, 5) is 23.1. The van der Waals surface area contributed by atoms with Gasteiger partial charge in [-0.05, 0) is 32.8 Å². The van der Waals surface area contributed by atoms with E-state index in [0.29, 0.717) is 18.4 Å². The lowest BCUT2D eigenvalue weighted by atomic mass is 9.94. The van der Waals surface area contributed by atoms with Crippen molar-refractivity contribution in [3.05, 3.63) is 23.8 Å². The number of nitrogens with zero attached hydrogens (tertiary/aromatic N) is 5. The molecule has 0 aromatic carbocycles. The summed E-state index contributed by atoms with van der Waals surface area (Å²) >= 11 is 0. The molecule has 0 saturated heterocycles. The second-order valence-electron chi connectivity index (χ2n) is 5.62. The smallest absolute Gasteiger partial charge is 0.293 e. The van der Waals surface area contributed by atoms with Crippen LogP contribution in [0.25, 0.3) is 5.78 Å². The average molecular weight is 287 g/mol. The maximum Gasteiger partial charge on any atom is 0.293 e. The molecule has 0 spiro atoms. The molecular formula is C15H21N5O. The molecule has 2 aromatic heterocycles. The number of aryl methyl sites for hydroxylation is 1. The van der Waals surface area contributed by atoms with Gasteiger partial charge in [0.15, 0.2) is 0 Å². The van der Waals surface area contributed by atoms with Crippen molar-refractivity contribution >= 4 is 11.7 Å². The first-order chi connectivity index (χ1) is 10.2. The summed E-state index contributed by atoms with van der Waals surface area (Å²) in [7, 11) is 0. The normalized spacial score (nSPS) is 16.3. The molecule has 0 unspecified atom stereocenters. The van der Waals surface area contributed by atoms with Gasteiger partial charge in [0.25, 0.3) is 11.7 Å². The first-order valence-electron chi connectivity index (χ1n) is 7.70. The number of fused-ring (bicyclic) bond motifs is 1. The lowest BCUT2D eigenvalue weighted by Crippen LogP contribution is -2.41. The van der Waals surface area contributed by atoms with Crippen LogP contribution < -0.4 is 0 Å². The third-order valence-corrected chi connectivity index (χ3v) is 4.24. The van der Waals surface area contributed by atoms with E-state index in [1.807, 2.05) is 24.8 Å². The van der Waals surface area contributed by atoms with Crippen molar-refractivity contribution < 1.29 is 4.79 Å². The highest BCUT2D eigenvalue weighted by atomic mass is 16.2. The molecule has 2 aromatic rings. The Morgan fingerprint density at radius 2 is 2.14 bits per heavy atom. The third-order valence-electron chi connectivity index (χ3n) is 4.24.